The van der Waals surface area contributed by atoms with E-state index in [4.69, 9.17) is 12.2 Å². The van der Waals surface area contributed by atoms with Crippen molar-refractivity contribution in [1.29, 1.82) is 0 Å². The van der Waals surface area contributed by atoms with Gasteiger partial charge in [0.05, 0.1) is 11.6 Å². The molecular weight excluding hydrogens is 337 g/mol. The second-order valence-electron chi connectivity index (χ2n) is 5.71. The van der Waals surface area contributed by atoms with Gasteiger partial charge in [0.15, 0.2) is 10.9 Å². The number of carbonyl (C=O) groups excluding carboxylic acids is 1. The van der Waals surface area contributed by atoms with Crippen LogP contribution >= 0.6 is 12.2 Å². The monoisotopic (exact) mass is 356 g/mol. The van der Waals surface area contributed by atoms with Crippen LogP contribution in [-0.4, -0.2) is 22.3 Å². The zero-order chi connectivity index (χ0) is 18.1. The highest BCUT2D eigenvalue weighted by Crippen LogP contribution is 2.35. The maximum Gasteiger partial charge on any atom is 0.416 e. The lowest BCUT2D eigenvalue weighted by Gasteiger charge is -2.37. The van der Waals surface area contributed by atoms with Crippen molar-refractivity contribution >= 4 is 23.1 Å². The Kier molecular flexibility index (Phi) is 5.32. The summed E-state index contributed by atoms with van der Waals surface area (Å²) in [4.78, 5) is 14.0. The first-order chi connectivity index (χ1) is 11.2. The van der Waals surface area contributed by atoms with E-state index >= 15 is 0 Å². The predicted molar refractivity (Wildman–Crippen MR) is 90.3 cm³/mol. The molecule has 1 aliphatic heterocycles. The fourth-order valence-corrected chi connectivity index (χ4v) is 3.22. The lowest BCUT2D eigenvalue weighted by atomic mass is 9.91. The van der Waals surface area contributed by atoms with Gasteiger partial charge in [0.1, 0.15) is 0 Å². The fraction of sp³-hybridized carbons (Fsp3) is 0.412. The van der Waals surface area contributed by atoms with Crippen LogP contribution < -0.4 is 5.32 Å². The van der Waals surface area contributed by atoms with Gasteiger partial charge in [0.25, 0.3) is 0 Å². The molecule has 2 rings (SSSR count). The molecule has 0 amide bonds. The van der Waals surface area contributed by atoms with Gasteiger partial charge >= 0.3 is 6.18 Å². The molecule has 1 aliphatic rings. The van der Waals surface area contributed by atoms with Gasteiger partial charge in [-0.15, -0.1) is 0 Å². The maximum absolute atomic E-state index is 13.0. The van der Waals surface area contributed by atoms with Gasteiger partial charge in [-0.25, -0.2) is 0 Å². The van der Waals surface area contributed by atoms with Crippen LogP contribution in [0.1, 0.15) is 44.4 Å². The number of thiocarbonyl (C=S) groups is 1. The van der Waals surface area contributed by atoms with Gasteiger partial charge in [0.2, 0.25) is 0 Å². The molecule has 0 aliphatic carbocycles. The van der Waals surface area contributed by atoms with Crippen molar-refractivity contribution in [2.24, 2.45) is 0 Å². The number of hydrogen-bond donors (Lipinski definition) is 1. The number of Topliss-reactive ketones (excluding diaryl/α,β-unsaturated/α-hetero) is 1. The minimum Gasteiger partial charge on any atom is -0.351 e. The van der Waals surface area contributed by atoms with Crippen molar-refractivity contribution in [3.63, 3.8) is 0 Å². The van der Waals surface area contributed by atoms with Crippen LogP contribution in [0.3, 0.4) is 0 Å². The third-order valence-electron chi connectivity index (χ3n) is 3.97. The van der Waals surface area contributed by atoms with Gasteiger partial charge in [-0.2, -0.15) is 13.2 Å². The molecule has 24 heavy (non-hydrogen) atoms. The summed E-state index contributed by atoms with van der Waals surface area (Å²) >= 11 is 5.34. The molecule has 7 heteroatoms. The molecule has 0 aromatic heterocycles. The van der Waals surface area contributed by atoms with Crippen LogP contribution in [0.25, 0.3) is 0 Å². The SMILES string of the molecule is CCCN1C(=S)NC(c2cccc(C(F)(F)F)c2)C(C(C)=O)=C1C. The zero-order valence-corrected chi connectivity index (χ0v) is 14.5. The number of ketones is 1. The smallest absolute Gasteiger partial charge is 0.351 e. The largest absolute Gasteiger partial charge is 0.416 e. The summed E-state index contributed by atoms with van der Waals surface area (Å²) in [5.41, 5.74) is 0.754. The molecule has 0 fully saturated rings. The van der Waals surface area contributed by atoms with E-state index in [1.165, 1.54) is 13.0 Å². The van der Waals surface area contributed by atoms with Crippen LogP contribution in [0.5, 0.6) is 0 Å². The summed E-state index contributed by atoms with van der Waals surface area (Å²) in [5.74, 6) is -0.189. The van der Waals surface area contributed by atoms with Gasteiger partial charge in [-0.3, -0.25) is 4.79 Å². The molecule has 0 saturated heterocycles. The lowest BCUT2D eigenvalue weighted by molar-refractivity contribution is -0.137. The summed E-state index contributed by atoms with van der Waals surface area (Å²) in [5, 5.41) is 3.44. The van der Waals surface area contributed by atoms with Crippen LogP contribution in [0.4, 0.5) is 13.2 Å². The Morgan fingerprint density at radius 2 is 2.04 bits per heavy atom. The lowest BCUT2D eigenvalue weighted by Crippen LogP contribution is -2.47. The minimum absolute atomic E-state index is 0.189. The van der Waals surface area contributed by atoms with E-state index in [1.807, 2.05) is 11.8 Å². The van der Waals surface area contributed by atoms with E-state index in [9.17, 15) is 18.0 Å². The van der Waals surface area contributed by atoms with Gasteiger partial charge in [-0.05, 0) is 50.2 Å². The Labute approximate surface area is 144 Å². The van der Waals surface area contributed by atoms with Crippen LogP contribution in [-0.2, 0) is 11.0 Å². The van der Waals surface area contributed by atoms with E-state index in [1.54, 1.807) is 13.0 Å². The molecule has 130 valence electrons. The van der Waals surface area contributed by atoms with E-state index < -0.39 is 17.8 Å². The van der Waals surface area contributed by atoms with Crippen molar-refractivity contribution in [1.82, 2.24) is 10.2 Å². The number of hydrogen-bond acceptors (Lipinski definition) is 2. The summed E-state index contributed by atoms with van der Waals surface area (Å²) in [6, 6.07) is 4.31. The molecule has 1 heterocycles. The zero-order valence-electron chi connectivity index (χ0n) is 13.7. The molecule has 1 atom stereocenters. The molecular formula is C17H19F3N2OS. The molecule has 0 radical (unpaired) electrons. The molecule has 1 N–H and O–H groups in total. The second-order valence-corrected chi connectivity index (χ2v) is 6.10. The van der Waals surface area contributed by atoms with Crippen molar-refractivity contribution in [2.45, 2.75) is 39.4 Å². The van der Waals surface area contributed by atoms with Crippen molar-refractivity contribution in [3.8, 4) is 0 Å². The number of carbonyl (C=O) groups is 1. The highest BCUT2D eigenvalue weighted by Gasteiger charge is 2.34. The summed E-state index contributed by atoms with van der Waals surface area (Å²) in [6.45, 7) is 5.83. The molecule has 0 spiro atoms. The summed E-state index contributed by atoms with van der Waals surface area (Å²) < 4.78 is 38.9. The Morgan fingerprint density at radius 1 is 1.38 bits per heavy atom. The summed E-state index contributed by atoms with van der Waals surface area (Å²) in [6.07, 6.45) is -3.60. The van der Waals surface area contributed by atoms with Crippen LogP contribution in [0.15, 0.2) is 35.5 Å². The van der Waals surface area contributed by atoms with E-state index in [2.05, 4.69) is 5.32 Å². The first kappa shape index (κ1) is 18.4. The van der Waals surface area contributed by atoms with Crippen molar-refractivity contribution in [2.75, 3.05) is 6.54 Å². The number of rotatable bonds is 4. The quantitative estimate of drug-likeness (QED) is 0.819. The molecule has 1 aromatic carbocycles. The first-order valence-corrected chi connectivity index (χ1v) is 8.04. The van der Waals surface area contributed by atoms with Gasteiger partial charge in [-0.1, -0.05) is 19.1 Å². The molecule has 1 unspecified atom stereocenters. The van der Waals surface area contributed by atoms with E-state index in [-0.39, 0.29) is 5.78 Å². The Morgan fingerprint density at radius 3 is 2.58 bits per heavy atom. The number of alkyl halides is 3. The predicted octanol–water partition coefficient (Wildman–Crippen LogP) is 4.21. The average molecular weight is 356 g/mol. The number of halogens is 3. The minimum atomic E-state index is -4.44. The molecule has 0 saturated carbocycles. The third-order valence-corrected chi connectivity index (χ3v) is 4.31. The molecule has 0 bridgehead atoms. The highest BCUT2D eigenvalue weighted by atomic mass is 32.1. The highest BCUT2D eigenvalue weighted by molar-refractivity contribution is 7.80. The Balaban J connectivity index is 2.53. The van der Waals surface area contributed by atoms with Crippen molar-refractivity contribution in [3.05, 3.63) is 46.7 Å². The third kappa shape index (κ3) is 3.61. The topological polar surface area (TPSA) is 32.3 Å². The number of nitrogens with zero attached hydrogens (tertiary/aromatic N) is 1. The fourth-order valence-electron chi connectivity index (χ4n) is 2.88. The Bertz CT molecular complexity index is 697. The number of allylic oxidation sites excluding steroid dienone is 1. The van der Waals surface area contributed by atoms with Gasteiger partial charge < -0.3 is 10.2 Å². The number of benzene rings is 1. The molecule has 1 aromatic rings. The normalized spacial score (nSPS) is 18.7. The number of nitrogens with one attached hydrogen (secondary N) is 1. The van der Waals surface area contributed by atoms with Crippen LogP contribution in [0.2, 0.25) is 0 Å². The second kappa shape index (κ2) is 6.93. The Hall–Kier alpha value is -1.89. The maximum atomic E-state index is 13.0. The first-order valence-electron chi connectivity index (χ1n) is 7.63. The average Bonchev–Trinajstić information content (AvgIpc) is 2.49. The van der Waals surface area contributed by atoms with Crippen LogP contribution in [0, 0.1) is 0 Å². The molecule has 3 nitrogen and oxygen atoms in total. The van der Waals surface area contributed by atoms with Crippen molar-refractivity contribution < 1.29 is 18.0 Å². The van der Waals surface area contributed by atoms with E-state index in [0.29, 0.717) is 28.5 Å². The standard InChI is InChI=1S/C17H19F3N2OS/c1-4-8-22-10(2)14(11(3)23)15(21-16(22)24)12-6-5-7-13(9-12)17(18,19)20/h5-7,9,15H,4,8H2,1-3H3,(H,21,24). The van der Waals surface area contributed by atoms with Gasteiger partial charge in [0, 0.05) is 17.8 Å². The van der Waals surface area contributed by atoms with E-state index in [0.717, 1.165) is 18.6 Å². The summed E-state index contributed by atoms with van der Waals surface area (Å²) in [7, 11) is 0.